The highest BCUT2D eigenvalue weighted by Gasteiger charge is 1.90. The summed E-state index contributed by atoms with van der Waals surface area (Å²) in [6.45, 7) is 6.84. The summed E-state index contributed by atoms with van der Waals surface area (Å²) >= 11 is 0. The molecule has 0 saturated carbocycles. The van der Waals surface area contributed by atoms with Crippen LogP contribution in [0.3, 0.4) is 0 Å². The predicted molar refractivity (Wildman–Crippen MR) is 61.8 cm³/mol. The summed E-state index contributed by atoms with van der Waals surface area (Å²) in [5, 5.41) is 0. The van der Waals surface area contributed by atoms with Gasteiger partial charge in [-0.2, -0.15) is 0 Å². The minimum atomic E-state index is 0. The lowest BCUT2D eigenvalue weighted by Crippen LogP contribution is -1.95. The van der Waals surface area contributed by atoms with Gasteiger partial charge in [-0.15, -0.1) is 0 Å². The van der Waals surface area contributed by atoms with E-state index >= 15 is 0 Å². The maximum atomic E-state index is 5.47. The molecule has 1 heteroatoms. The van der Waals surface area contributed by atoms with Crippen molar-refractivity contribution in [2.24, 2.45) is 5.73 Å². The molecule has 0 fully saturated rings. The summed E-state index contributed by atoms with van der Waals surface area (Å²) in [6, 6.07) is 8.52. The smallest absolute Gasteiger partial charge is 0.0178 e. The Morgan fingerprint density at radius 2 is 1.54 bits per heavy atom. The molecule has 0 aliphatic heterocycles. The van der Waals surface area contributed by atoms with Crippen molar-refractivity contribution in [1.82, 2.24) is 0 Å². The Balaban J connectivity index is 0. The van der Waals surface area contributed by atoms with Gasteiger partial charge < -0.3 is 5.73 Å². The van der Waals surface area contributed by atoms with Crippen LogP contribution in [0.2, 0.25) is 0 Å². The summed E-state index contributed by atoms with van der Waals surface area (Å²) in [7, 11) is 0. The number of nitrogens with two attached hydrogens (primary N) is 1. The minimum Gasteiger partial charge on any atom is -0.326 e. The molecule has 0 aliphatic carbocycles. The fraction of sp³-hybridized carbons (Fsp3) is 0.500. The summed E-state index contributed by atoms with van der Waals surface area (Å²) in [6.07, 6.45) is 2.38. The van der Waals surface area contributed by atoms with Gasteiger partial charge in [-0.3, -0.25) is 0 Å². The van der Waals surface area contributed by atoms with E-state index in [9.17, 15) is 0 Å². The molecule has 2 N–H and O–H groups in total. The molecule has 0 bridgehead atoms. The molecule has 0 atom stereocenters. The van der Waals surface area contributed by atoms with E-state index in [1.807, 2.05) is 13.8 Å². The average Bonchev–Trinajstić information content (AvgIpc) is 2.23. The summed E-state index contributed by atoms with van der Waals surface area (Å²) in [5.74, 6) is 0. The fourth-order valence-corrected chi connectivity index (χ4v) is 1.13. The second-order valence-electron chi connectivity index (χ2n) is 2.77. The van der Waals surface area contributed by atoms with E-state index in [2.05, 4.69) is 31.2 Å². The molecule has 0 amide bonds. The van der Waals surface area contributed by atoms with Gasteiger partial charge in [0.15, 0.2) is 0 Å². The molecule has 1 nitrogen and oxygen atoms in total. The molecule has 0 aliphatic rings. The zero-order valence-corrected chi connectivity index (χ0v) is 9.01. The van der Waals surface area contributed by atoms with Crippen molar-refractivity contribution in [3.05, 3.63) is 35.4 Å². The Kier molecular flexibility index (Phi) is 7.32. The van der Waals surface area contributed by atoms with Crippen LogP contribution in [0.5, 0.6) is 0 Å². The number of hydrogen-bond donors (Lipinski definition) is 1. The van der Waals surface area contributed by atoms with Crippen molar-refractivity contribution < 1.29 is 1.43 Å². The van der Waals surface area contributed by atoms with Gasteiger partial charge in [0.05, 0.1) is 0 Å². The normalized spacial score (nSPS) is 8.92. The van der Waals surface area contributed by atoms with Gasteiger partial charge in [0.2, 0.25) is 0 Å². The van der Waals surface area contributed by atoms with Crippen LogP contribution >= 0.6 is 0 Å². The van der Waals surface area contributed by atoms with Crippen LogP contribution in [-0.4, -0.2) is 0 Å². The zero-order chi connectivity index (χ0) is 10.1. The number of benzene rings is 1. The van der Waals surface area contributed by atoms with Crippen molar-refractivity contribution in [1.29, 1.82) is 0 Å². The number of rotatable bonds is 3. The Hall–Kier alpha value is -0.820. The first-order chi connectivity index (χ1) is 6.36. The lowest BCUT2D eigenvalue weighted by Gasteiger charge is -1.99. The van der Waals surface area contributed by atoms with Gasteiger partial charge >= 0.3 is 0 Å². The van der Waals surface area contributed by atoms with Gasteiger partial charge in [0.25, 0.3) is 0 Å². The Bertz CT molecular complexity index is 206. The van der Waals surface area contributed by atoms with E-state index < -0.39 is 0 Å². The summed E-state index contributed by atoms with van der Waals surface area (Å²) < 4.78 is 0. The van der Waals surface area contributed by atoms with E-state index in [-0.39, 0.29) is 1.43 Å². The highest BCUT2D eigenvalue weighted by molar-refractivity contribution is 5.22. The zero-order valence-electron chi connectivity index (χ0n) is 9.01. The van der Waals surface area contributed by atoms with Crippen LogP contribution in [0.15, 0.2) is 24.3 Å². The predicted octanol–water partition coefficient (Wildman–Crippen LogP) is 3.37. The highest BCUT2D eigenvalue weighted by atomic mass is 14.5. The first kappa shape index (κ1) is 12.2. The number of aryl methyl sites for hydroxylation is 1. The van der Waals surface area contributed by atoms with Crippen LogP contribution in [0.4, 0.5) is 0 Å². The Morgan fingerprint density at radius 1 is 1.08 bits per heavy atom. The molecule has 1 aromatic rings. The van der Waals surface area contributed by atoms with Crippen molar-refractivity contribution in [3.8, 4) is 0 Å². The molecule has 1 aromatic carbocycles. The lowest BCUT2D eigenvalue weighted by atomic mass is 10.1. The molecular formula is C12H23N. The third-order valence-electron chi connectivity index (χ3n) is 1.80. The maximum Gasteiger partial charge on any atom is 0.0178 e. The molecule has 0 spiro atoms. The fourth-order valence-electron chi connectivity index (χ4n) is 1.13. The molecule has 0 aromatic heterocycles. The van der Waals surface area contributed by atoms with E-state index in [1.165, 1.54) is 24.0 Å². The summed E-state index contributed by atoms with van der Waals surface area (Å²) in [5.41, 5.74) is 8.09. The Labute approximate surface area is 83.5 Å². The van der Waals surface area contributed by atoms with Gasteiger partial charge in [0.1, 0.15) is 0 Å². The van der Waals surface area contributed by atoms with Crippen LogP contribution in [0.1, 0.15) is 39.7 Å². The quantitative estimate of drug-likeness (QED) is 0.760. The van der Waals surface area contributed by atoms with Crippen LogP contribution in [-0.2, 0) is 13.0 Å². The molecule has 0 radical (unpaired) electrons. The Morgan fingerprint density at radius 3 is 1.92 bits per heavy atom. The van der Waals surface area contributed by atoms with Gasteiger partial charge in [-0.05, 0) is 17.5 Å². The first-order valence-corrected chi connectivity index (χ1v) is 5.14. The van der Waals surface area contributed by atoms with E-state index in [4.69, 9.17) is 5.73 Å². The molecule has 76 valence electrons. The monoisotopic (exact) mass is 181 g/mol. The van der Waals surface area contributed by atoms with Crippen molar-refractivity contribution in [2.45, 2.75) is 40.2 Å². The van der Waals surface area contributed by atoms with Gasteiger partial charge in [-0.25, -0.2) is 0 Å². The van der Waals surface area contributed by atoms with Crippen molar-refractivity contribution in [3.63, 3.8) is 0 Å². The molecule has 13 heavy (non-hydrogen) atoms. The van der Waals surface area contributed by atoms with E-state index in [0.29, 0.717) is 6.54 Å². The van der Waals surface area contributed by atoms with E-state index in [1.54, 1.807) is 0 Å². The second kappa shape index (κ2) is 7.81. The third kappa shape index (κ3) is 4.69. The standard InChI is InChI=1S/C10H15N.C2H6.H2/c1-2-3-9-4-6-10(8-11)7-5-9;1-2;/h4-7H,2-3,8,11H2,1H3;1-2H3;1H. The summed E-state index contributed by atoms with van der Waals surface area (Å²) in [4.78, 5) is 0. The van der Waals surface area contributed by atoms with Crippen molar-refractivity contribution in [2.75, 3.05) is 0 Å². The minimum absolute atomic E-state index is 0. The topological polar surface area (TPSA) is 26.0 Å². The van der Waals surface area contributed by atoms with Crippen molar-refractivity contribution >= 4 is 0 Å². The van der Waals surface area contributed by atoms with Crippen LogP contribution in [0, 0.1) is 0 Å². The van der Waals surface area contributed by atoms with Crippen LogP contribution < -0.4 is 5.73 Å². The molecule has 0 heterocycles. The van der Waals surface area contributed by atoms with Crippen LogP contribution in [0.25, 0.3) is 0 Å². The third-order valence-corrected chi connectivity index (χ3v) is 1.80. The molecule has 0 unspecified atom stereocenters. The lowest BCUT2D eigenvalue weighted by molar-refractivity contribution is 0.919. The second-order valence-corrected chi connectivity index (χ2v) is 2.77. The molecule has 0 saturated heterocycles. The van der Waals surface area contributed by atoms with Gasteiger partial charge in [0, 0.05) is 7.97 Å². The molecule has 1 rings (SSSR count). The average molecular weight is 181 g/mol. The maximum absolute atomic E-state index is 5.47. The first-order valence-electron chi connectivity index (χ1n) is 5.14. The molecular weight excluding hydrogens is 158 g/mol. The SMILES string of the molecule is CC.CCCc1ccc(CN)cc1.[HH]. The van der Waals surface area contributed by atoms with Gasteiger partial charge in [-0.1, -0.05) is 51.5 Å². The number of hydrogen-bond acceptors (Lipinski definition) is 1. The largest absolute Gasteiger partial charge is 0.326 e. The highest BCUT2D eigenvalue weighted by Crippen LogP contribution is 2.05. The van der Waals surface area contributed by atoms with E-state index in [0.717, 1.165) is 0 Å².